The van der Waals surface area contributed by atoms with Crippen LogP contribution in [0.15, 0.2) is 22.9 Å². The number of carbonyl (C=O) groups is 2. The Hall–Kier alpha value is -1.43. The molecule has 1 aromatic heterocycles. The Labute approximate surface area is 107 Å². The molecule has 0 radical (unpaired) electrons. The summed E-state index contributed by atoms with van der Waals surface area (Å²) in [6.07, 6.45) is 3.14. The number of hydrogen-bond donors (Lipinski definition) is 1. The lowest BCUT2D eigenvalue weighted by molar-refractivity contribution is -0.165. The normalized spacial score (nSPS) is 13.8. The number of rotatable bonds is 4. The molecule has 1 unspecified atom stereocenters. The van der Waals surface area contributed by atoms with E-state index in [2.05, 4.69) is 25.7 Å². The zero-order valence-electron chi connectivity index (χ0n) is 9.44. The second-order valence-corrected chi connectivity index (χ2v) is 4.73. The first kappa shape index (κ1) is 13.6. The molecule has 1 N–H and O–H groups in total. The molecule has 0 saturated carbocycles. The van der Waals surface area contributed by atoms with Crippen LogP contribution in [0.25, 0.3) is 0 Å². The Morgan fingerprint density at radius 1 is 1.53 bits per heavy atom. The number of nitrogens with zero attached hydrogens (tertiary/aromatic N) is 1. The number of carboxylic acids is 1. The fraction of sp³-hybridized carbons (Fsp3) is 0.364. The Morgan fingerprint density at radius 2 is 2.18 bits per heavy atom. The molecule has 5 nitrogen and oxygen atoms in total. The molecule has 0 aliphatic rings. The van der Waals surface area contributed by atoms with Gasteiger partial charge >= 0.3 is 11.9 Å². The largest absolute Gasteiger partial charge is 0.480 e. The second-order valence-electron chi connectivity index (χ2n) is 3.82. The Kier molecular flexibility index (Phi) is 4.22. The van der Waals surface area contributed by atoms with Gasteiger partial charge in [-0.15, -0.1) is 0 Å². The minimum Gasteiger partial charge on any atom is -0.480 e. The van der Waals surface area contributed by atoms with Gasteiger partial charge in [0.15, 0.2) is 5.41 Å². The Morgan fingerprint density at radius 3 is 2.65 bits per heavy atom. The lowest BCUT2D eigenvalue weighted by atomic mass is 9.84. The number of esters is 1. The molecule has 1 rings (SSSR count). The average Bonchev–Trinajstić information content (AvgIpc) is 2.27. The topological polar surface area (TPSA) is 76.5 Å². The van der Waals surface area contributed by atoms with E-state index >= 15 is 0 Å². The zero-order chi connectivity index (χ0) is 13.1. The van der Waals surface area contributed by atoms with Gasteiger partial charge in [-0.1, -0.05) is 0 Å². The van der Waals surface area contributed by atoms with Crippen molar-refractivity contribution in [1.29, 1.82) is 0 Å². The number of aliphatic carboxylic acids is 1. The number of carboxylic acid groups (broad SMARTS) is 1. The highest BCUT2D eigenvalue weighted by atomic mass is 79.9. The highest BCUT2D eigenvalue weighted by Gasteiger charge is 2.42. The molecule has 92 valence electrons. The van der Waals surface area contributed by atoms with Crippen LogP contribution in [0, 0.1) is 5.41 Å². The van der Waals surface area contributed by atoms with E-state index in [0.717, 1.165) is 4.47 Å². The summed E-state index contributed by atoms with van der Waals surface area (Å²) in [5.41, 5.74) is -0.952. The smallest absolute Gasteiger partial charge is 0.323 e. The van der Waals surface area contributed by atoms with Crippen LogP contribution in [-0.4, -0.2) is 29.1 Å². The van der Waals surface area contributed by atoms with Crippen LogP contribution in [-0.2, 0) is 20.7 Å². The van der Waals surface area contributed by atoms with Crippen molar-refractivity contribution in [1.82, 2.24) is 4.98 Å². The molecular formula is C11H12BrNO4. The first-order valence-electron chi connectivity index (χ1n) is 4.81. The van der Waals surface area contributed by atoms with Crippen LogP contribution >= 0.6 is 15.9 Å². The van der Waals surface area contributed by atoms with Gasteiger partial charge in [-0.2, -0.15) is 0 Å². The van der Waals surface area contributed by atoms with E-state index in [1.807, 2.05) is 0 Å². The quantitative estimate of drug-likeness (QED) is 0.676. The maximum absolute atomic E-state index is 11.5. The fourth-order valence-corrected chi connectivity index (χ4v) is 1.83. The number of carbonyl (C=O) groups excluding carboxylic acids is 1. The highest BCUT2D eigenvalue weighted by Crippen LogP contribution is 2.25. The molecule has 6 heteroatoms. The van der Waals surface area contributed by atoms with Crippen LogP contribution in [0.2, 0.25) is 0 Å². The number of methoxy groups -OCH3 is 1. The van der Waals surface area contributed by atoms with Gasteiger partial charge in [0.1, 0.15) is 0 Å². The van der Waals surface area contributed by atoms with Crippen molar-refractivity contribution in [2.45, 2.75) is 13.3 Å². The van der Waals surface area contributed by atoms with Gasteiger partial charge in [0, 0.05) is 23.3 Å². The van der Waals surface area contributed by atoms with Crippen molar-refractivity contribution in [3.8, 4) is 0 Å². The molecular weight excluding hydrogens is 290 g/mol. The summed E-state index contributed by atoms with van der Waals surface area (Å²) < 4.78 is 5.26. The van der Waals surface area contributed by atoms with Gasteiger partial charge in [0.2, 0.25) is 0 Å². The van der Waals surface area contributed by atoms with E-state index in [9.17, 15) is 9.59 Å². The van der Waals surface area contributed by atoms with Crippen molar-refractivity contribution in [2.75, 3.05) is 7.11 Å². The Bertz CT molecular complexity index is 449. The predicted molar refractivity (Wildman–Crippen MR) is 63.4 cm³/mol. The van der Waals surface area contributed by atoms with E-state index < -0.39 is 17.4 Å². The molecule has 1 heterocycles. The van der Waals surface area contributed by atoms with Crippen molar-refractivity contribution in [3.05, 3.63) is 28.5 Å². The molecule has 1 aromatic rings. The number of hydrogen-bond acceptors (Lipinski definition) is 4. The second kappa shape index (κ2) is 5.27. The maximum atomic E-state index is 11.5. The van der Waals surface area contributed by atoms with Gasteiger partial charge in [-0.25, -0.2) is 0 Å². The Balaban J connectivity index is 3.03. The van der Waals surface area contributed by atoms with Gasteiger partial charge in [0.25, 0.3) is 0 Å². The molecule has 0 bridgehead atoms. The molecule has 0 aromatic carbocycles. The van der Waals surface area contributed by atoms with E-state index in [4.69, 9.17) is 5.11 Å². The minimum atomic E-state index is -1.60. The lowest BCUT2D eigenvalue weighted by Gasteiger charge is -2.21. The van der Waals surface area contributed by atoms with Crippen molar-refractivity contribution >= 4 is 27.9 Å². The fourth-order valence-electron chi connectivity index (χ4n) is 1.42. The summed E-state index contributed by atoms with van der Waals surface area (Å²) in [6.45, 7) is 1.34. The molecule has 1 atom stereocenters. The van der Waals surface area contributed by atoms with E-state index in [1.165, 1.54) is 20.2 Å². The molecule has 0 aliphatic carbocycles. The van der Waals surface area contributed by atoms with Gasteiger partial charge in [0.05, 0.1) is 7.11 Å². The van der Waals surface area contributed by atoms with E-state index in [1.54, 1.807) is 12.3 Å². The van der Waals surface area contributed by atoms with Crippen LogP contribution in [0.4, 0.5) is 0 Å². The first-order valence-corrected chi connectivity index (χ1v) is 5.60. The molecule has 0 aliphatic heterocycles. The monoisotopic (exact) mass is 301 g/mol. The molecule has 17 heavy (non-hydrogen) atoms. The van der Waals surface area contributed by atoms with Gasteiger partial charge < -0.3 is 9.84 Å². The first-order chi connectivity index (χ1) is 7.90. The lowest BCUT2D eigenvalue weighted by Crippen LogP contribution is -2.39. The standard InChI is InChI=1S/C11H12BrNO4/c1-11(9(14)15,10(16)17-2)4-7-3-8(12)6-13-5-7/h3,5-6H,4H2,1-2H3,(H,14,15). The summed E-state index contributed by atoms with van der Waals surface area (Å²) in [4.78, 5) is 26.6. The minimum absolute atomic E-state index is 0.0292. The molecule has 0 fully saturated rings. The van der Waals surface area contributed by atoms with Crippen molar-refractivity contribution in [2.24, 2.45) is 5.41 Å². The van der Waals surface area contributed by atoms with Crippen LogP contribution in [0.3, 0.4) is 0 Å². The molecule has 0 amide bonds. The average molecular weight is 302 g/mol. The van der Waals surface area contributed by atoms with Crippen LogP contribution < -0.4 is 0 Å². The third kappa shape index (κ3) is 3.03. The van der Waals surface area contributed by atoms with E-state index in [-0.39, 0.29) is 6.42 Å². The van der Waals surface area contributed by atoms with Crippen LogP contribution in [0.5, 0.6) is 0 Å². The third-order valence-electron chi connectivity index (χ3n) is 2.43. The molecule has 0 spiro atoms. The van der Waals surface area contributed by atoms with Crippen LogP contribution in [0.1, 0.15) is 12.5 Å². The summed E-state index contributed by atoms with van der Waals surface area (Å²) in [5.74, 6) is -1.99. The highest BCUT2D eigenvalue weighted by molar-refractivity contribution is 9.10. The van der Waals surface area contributed by atoms with Crippen molar-refractivity contribution in [3.63, 3.8) is 0 Å². The zero-order valence-corrected chi connectivity index (χ0v) is 11.0. The van der Waals surface area contributed by atoms with Gasteiger partial charge in [-0.05, 0) is 34.5 Å². The summed E-state index contributed by atoms with van der Waals surface area (Å²) in [6, 6.07) is 1.72. The molecule has 0 saturated heterocycles. The van der Waals surface area contributed by atoms with Gasteiger partial charge in [-0.3, -0.25) is 14.6 Å². The number of ether oxygens (including phenoxy) is 1. The number of pyridine rings is 1. The SMILES string of the molecule is COC(=O)C(C)(Cc1cncc(Br)c1)C(=O)O. The maximum Gasteiger partial charge on any atom is 0.323 e. The summed E-state index contributed by atoms with van der Waals surface area (Å²) in [7, 11) is 1.17. The third-order valence-corrected chi connectivity index (χ3v) is 2.86. The van der Waals surface area contributed by atoms with Crippen molar-refractivity contribution < 1.29 is 19.4 Å². The predicted octanol–water partition coefficient (Wildman–Crippen LogP) is 1.65. The number of aromatic nitrogens is 1. The summed E-state index contributed by atoms with van der Waals surface area (Å²) in [5, 5.41) is 9.13. The number of halogens is 1. The van der Waals surface area contributed by atoms with E-state index in [0.29, 0.717) is 5.56 Å². The summed E-state index contributed by atoms with van der Waals surface area (Å²) >= 11 is 3.23.